The predicted octanol–water partition coefficient (Wildman–Crippen LogP) is 1.60. The number of fused-ring (bicyclic) bond motifs is 1. The van der Waals surface area contributed by atoms with Crippen molar-refractivity contribution in [2.75, 3.05) is 19.8 Å². The van der Waals surface area contributed by atoms with Crippen molar-refractivity contribution in [1.29, 1.82) is 0 Å². The average Bonchev–Trinajstić information content (AvgIpc) is 3.10. The first-order valence-corrected chi connectivity index (χ1v) is 7.48. The molecule has 2 aliphatic rings. The van der Waals surface area contributed by atoms with Gasteiger partial charge in [0.05, 0.1) is 25.4 Å². The van der Waals surface area contributed by atoms with Crippen LogP contribution in [-0.2, 0) is 16.5 Å². The average molecular weight is 290 g/mol. The molecule has 0 radical (unpaired) electrons. The Labute approximate surface area is 125 Å². The minimum atomic E-state index is -0.0112. The fraction of sp³-hybridized carbons (Fsp3) is 0.562. The van der Waals surface area contributed by atoms with Crippen molar-refractivity contribution in [3.63, 3.8) is 0 Å². The standard InChI is InChI=1S/C16H22N2O3/c1-3-10-20-14-7-6-12-15(14)21-11-9-18(12)16(19)13-5-4-8-17(13)2/h3-5,8,12,14-15H,1,6-7,9-11H2,2H3/t12-,14+,15+/m0/s1. The van der Waals surface area contributed by atoms with E-state index in [9.17, 15) is 4.79 Å². The normalized spacial score (nSPS) is 28.4. The van der Waals surface area contributed by atoms with Gasteiger partial charge in [0.1, 0.15) is 11.8 Å². The Morgan fingerprint density at radius 3 is 3.14 bits per heavy atom. The van der Waals surface area contributed by atoms with Crippen LogP contribution < -0.4 is 0 Å². The van der Waals surface area contributed by atoms with Crippen LogP contribution in [0.5, 0.6) is 0 Å². The molecule has 1 aromatic rings. The van der Waals surface area contributed by atoms with Gasteiger partial charge in [0.2, 0.25) is 0 Å². The molecule has 1 saturated heterocycles. The highest BCUT2D eigenvalue weighted by atomic mass is 16.5. The smallest absolute Gasteiger partial charge is 0.270 e. The summed E-state index contributed by atoms with van der Waals surface area (Å²) < 4.78 is 13.5. The zero-order chi connectivity index (χ0) is 14.8. The van der Waals surface area contributed by atoms with E-state index in [0.717, 1.165) is 18.5 Å². The van der Waals surface area contributed by atoms with E-state index in [4.69, 9.17) is 9.47 Å². The molecule has 0 N–H and O–H groups in total. The van der Waals surface area contributed by atoms with Gasteiger partial charge in [-0.25, -0.2) is 0 Å². The van der Waals surface area contributed by atoms with E-state index in [-0.39, 0.29) is 24.2 Å². The molecule has 114 valence electrons. The van der Waals surface area contributed by atoms with Crippen molar-refractivity contribution in [3.8, 4) is 0 Å². The monoisotopic (exact) mass is 290 g/mol. The SMILES string of the molecule is C=CCO[C@@H]1CC[C@H]2[C@H]1OCCN2C(=O)c1cccn1C. The van der Waals surface area contributed by atoms with Gasteiger partial charge >= 0.3 is 0 Å². The number of nitrogens with zero attached hydrogens (tertiary/aromatic N) is 2. The zero-order valence-corrected chi connectivity index (χ0v) is 12.4. The number of amides is 1. The molecule has 5 heteroatoms. The number of aromatic nitrogens is 1. The maximum atomic E-state index is 12.7. The summed E-state index contributed by atoms with van der Waals surface area (Å²) in [4.78, 5) is 14.7. The number of rotatable bonds is 4. The first-order chi connectivity index (χ1) is 10.2. The van der Waals surface area contributed by atoms with Crippen molar-refractivity contribution in [2.24, 2.45) is 7.05 Å². The van der Waals surface area contributed by atoms with Crippen LogP contribution in [0.3, 0.4) is 0 Å². The van der Waals surface area contributed by atoms with Crippen LogP contribution in [0.4, 0.5) is 0 Å². The van der Waals surface area contributed by atoms with Gasteiger partial charge in [-0.3, -0.25) is 4.79 Å². The number of hydrogen-bond acceptors (Lipinski definition) is 3. The van der Waals surface area contributed by atoms with Gasteiger partial charge in [0, 0.05) is 19.8 Å². The summed E-state index contributed by atoms with van der Waals surface area (Å²) >= 11 is 0. The number of hydrogen-bond donors (Lipinski definition) is 0. The van der Waals surface area contributed by atoms with E-state index >= 15 is 0 Å². The number of carbonyl (C=O) groups is 1. The summed E-state index contributed by atoms with van der Waals surface area (Å²) in [5.41, 5.74) is 0.728. The van der Waals surface area contributed by atoms with Crippen LogP contribution in [0, 0.1) is 0 Å². The lowest BCUT2D eigenvalue weighted by Gasteiger charge is -2.39. The third-order valence-electron chi connectivity index (χ3n) is 4.39. The lowest BCUT2D eigenvalue weighted by atomic mass is 10.1. The minimum absolute atomic E-state index is 0.0112. The fourth-order valence-electron chi connectivity index (χ4n) is 3.37. The molecule has 0 unspecified atom stereocenters. The predicted molar refractivity (Wildman–Crippen MR) is 79.1 cm³/mol. The fourth-order valence-corrected chi connectivity index (χ4v) is 3.37. The molecule has 3 rings (SSSR count). The van der Waals surface area contributed by atoms with Crippen molar-refractivity contribution in [2.45, 2.75) is 31.1 Å². The highest BCUT2D eigenvalue weighted by molar-refractivity contribution is 5.93. The van der Waals surface area contributed by atoms with E-state index in [0.29, 0.717) is 19.8 Å². The van der Waals surface area contributed by atoms with Crippen molar-refractivity contribution in [3.05, 3.63) is 36.7 Å². The Morgan fingerprint density at radius 1 is 1.57 bits per heavy atom. The number of carbonyl (C=O) groups excluding carboxylic acids is 1. The van der Waals surface area contributed by atoms with Crippen LogP contribution >= 0.6 is 0 Å². The Bertz CT molecular complexity index is 525. The number of ether oxygens (including phenoxy) is 2. The summed E-state index contributed by atoms with van der Waals surface area (Å²) in [6.45, 7) is 5.44. The van der Waals surface area contributed by atoms with E-state index in [1.165, 1.54) is 0 Å². The summed E-state index contributed by atoms with van der Waals surface area (Å²) in [5.74, 6) is 0.0881. The molecule has 1 aliphatic heterocycles. The van der Waals surface area contributed by atoms with Crippen molar-refractivity contribution < 1.29 is 14.3 Å². The van der Waals surface area contributed by atoms with E-state index in [1.807, 2.05) is 34.8 Å². The number of morpholine rings is 1. The zero-order valence-electron chi connectivity index (χ0n) is 12.4. The summed E-state index contributed by atoms with van der Waals surface area (Å²) in [6, 6.07) is 3.89. The van der Waals surface area contributed by atoms with Crippen LogP contribution in [0.25, 0.3) is 0 Å². The summed E-state index contributed by atoms with van der Waals surface area (Å²) in [7, 11) is 1.90. The second-order valence-corrected chi connectivity index (χ2v) is 5.64. The second-order valence-electron chi connectivity index (χ2n) is 5.64. The van der Waals surface area contributed by atoms with E-state index in [1.54, 1.807) is 6.08 Å². The molecule has 1 aliphatic carbocycles. The molecule has 3 atom stereocenters. The largest absolute Gasteiger partial charge is 0.372 e. The Hall–Kier alpha value is -1.59. The molecule has 5 nitrogen and oxygen atoms in total. The van der Waals surface area contributed by atoms with Crippen LogP contribution in [0.2, 0.25) is 0 Å². The highest BCUT2D eigenvalue weighted by Gasteiger charge is 2.45. The molecular formula is C16H22N2O3. The van der Waals surface area contributed by atoms with E-state index in [2.05, 4.69) is 6.58 Å². The molecule has 1 amide bonds. The van der Waals surface area contributed by atoms with Crippen molar-refractivity contribution in [1.82, 2.24) is 9.47 Å². The molecule has 1 saturated carbocycles. The lowest BCUT2D eigenvalue weighted by Crippen LogP contribution is -2.54. The third kappa shape index (κ3) is 2.63. The van der Waals surface area contributed by atoms with Gasteiger partial charge < -0.3 is 18.9 Å². The second kappa shape index (κ2) is 6.03. The summed E-state index contributed by atoms with van der Waals surface area (Å²) in [6.07, 6.45) is 5.57. The third-order valence-corrected chi connectivity index (χ3v) is 4.39. The molecular weight excluding hydrogens is 268 g/mol. The van der Waals surface area contributed by atoms with Gasteiger partial charge in [-0.1, -0.05) is 6.08 Å². The van der Waals surface area contributed by atoms with Crippen LogP contribution in [-0.4, -0.2) is 53.4 Å². The topological polar surface area (TPSA) is 43.7 Å². The highest BCUT2D eigenvalue weighted by Crippen LogP contribution is 2.33. The van der Waals surface area contributed by atoms with Crippen LogP contribution in [0.15, 0.2) is 31.0 Å². The first-order valence-electron chi connectivity index (χ1n) is 7.48. The maximum Gasteiger partial charge on any atom is 0.270 e. The summed E-state index contributed by atoms with van der Waals surface area (Å²) in [5, 5.41) is 0. The molecule has 21 heavy (non-hydrogen) atoms. The van der Waals surface area contributed by atoms with Crippen LogP contribution in [0.1, 0.15) is 23.3 Å². The van der Waals surface area contributed by atoms with Gasteiger partial charge in [0.15, 0.2) is 0 Å². The van der Waals surface area contributed by atoms with Gasteiger partial charge in [-0.15, -0.1) is 6.58 Å². The molecule has 2 fully saturated rings. The molecule has 1 aromatic heterocycles. The first kappa shape index (κ1) is 14.4. The van der Waals surface area contributed by atoms with Gasteiger partial charge in [-0.2, -0.15) is 0 Å². The van der Waals surface area contributed by atoms with Crippen molar-refractivity contribution >= 4 is 5.91 Å². The van der Waals surface area contributed by atoms with Gasteiger partial charge in [0.25, 0.3) is 5.91 Å². The molecule has 0 aromatic carbocycles. The molecule has 0 spiro atoms. The maximum absolute atomic E-state index is 12.7. The molecule has 0 bridgehead atoms. The lowest BCUT2D eigenvalue weighted by molar-refractivity contribution is -0.100. The minimum Gasteiger partial charge on any atom is -0.372 e. The quantitative estimate of drug-likeness (QED) is 0.791. The Morgan fingerprint density at radius 2 is 2.43 bits per heavy atom. The molecule has 2 heterocycles. The Kier molecular flexibility index (Phi) is 4.12. The number of aryl methyl sites for hydroxylation is 1. The Balaban J connectivity index is 1.74. The van der Waals surface area contributed by atoms with Gasteiger partial charge in [-0.05, 0) is 25.0 Å². The van der Waals surface area contributed by atoms with E-state index < -0.39 is 0 Å².